The standard InChI is InChI=1S/C22H25N3O3S/c1-5-25(17(4)22(26)24-19-11-9-15(2)10-12-19)29(27,28)20-8-6-7-18-13-16(3)14-23-21(18)20/h6-14,17H,5H2,1-4H3,(H,24,26). The first kappa shape index (κ1) is 21.0. The molecule has 0 fully saturated rings. The van der Waals surface area contributed by atoms with E-state index >= 15 is 0 Å². The molecule has 3 aromatic rings. The van der Waals surface area contributed by atoms with E-state index in [1.165, 1.54) is 10.4 Å². The Morgan fingerprint density at radius 2 is 1.79 bits per heavy atom. The van der Waals surface area contributed by atoms with Crippen molar-refractivity contribution < 1.29 is 13.2 Å². The van der Waals surface area contributed by atoms with E-state index in [1.54, 1.807) is 38.2 Å². The number of nitrogens with one attached hydrogen (secondary N) is 1. The lowest BCUT2D eigenvalue weighted by Crippen LogP contribution is -2.45. The molecule has 0 spiro atoms. The molecular formula is C22H25N3O3S. The Bertz CT molecular complexity index is 1140. The summed E-state index contributed by atoms with van der Waals surface area (Å²) >= 11 is 0. The number of hydrogen-bond donors (Lipinski definition) is 1. The fourth-order valence-electron chi connectivity index (χ4n) is 3.24. The molecule has 0 aliphatic carbocycles. The second-order valence-corrected chi connectivity index (χ2v) is 8.94. The number of carbonyl (C=O) groups excluding carboxylic acids is 1. The zero-order valence-corrected chi connectivity index (χ0v) is 17.8. The number of likely N-dealkylation sites (N-methyl/N-ethyl adjacent to an activating group) is 1. The smallest absolute Gasteiger partial charge is 0.245 e. The lowest BCUT2D eigenvalue weighted by molar-refractivity contribution is -0.119. The van der Waals surface area contributed by atoms with Crippen molar-refractivity contribution in [3.8, 4) is 0 Å². The number of hydrogen-bond acceptors (Lipinski definition) is 4. The van der Waals surface area contributed by atoms with Crippen molar-refractivity contribution in [1.82, 2.24) is 9.29 Å². The van der Waals surface area contributed by atoms with E-state index in [9.17, 15) is 13.2 Å². The van der Waals surface area contributed by atoms with Crippen molar-refractivity contribution in [2.24, 2.45) is 0 Å². The van der Waals surface area contributed by atoms with Crippen molar-refractivity contribution in [2.45, 2.75) is 38.6 Å². The van der Waals surface area contributed by atoms with E-state index in [-0.39, 0.29) is 17.3 Å². The molecule has 1 amide bonds. The number of aryl methyl sites for hydroxylation is 2. The van der Waals surface area contributed by atoms with Crippen LogP contribution in [-0.4, -0.2) is 36.2 Å². The minimum absolute atomic E-state index is 0.104. The maximum Gasteiger partial charge on any atom is 0.245 e. The monoisotopic (exact) mass is 411 g/mol. The first-order valence-corrected chi connectivity index (χ1v) is 10.9. The number of nitrogens with zero attached hydrogens (tertiary/aromatic N) is 2. The zero-order valence-electron chi connectivity index (χ0n) is 17.0. The Kier molecular flexibility index (Phi) is 6.00. The second-order valence-electron chi connectivity index (χ2n) is 7.08. The number of para-hydroxylation sites is 1. The van der Waals surface area contributed by atoms with E-state index in [0.717, 1.165) is 16.5 Å². The minimum atomic E-state index is -3.92. The summed E-state index contributed by atoms with van der Waals surface area (Å²) in [7, 11) is -3.92. The molecule has 2 aromatic carbocycles. The van der Waals surface area contributed by atoms with Crippen LogP contribution in [0.15, 0.2) is 59.6 Å². The van der Waals surface area contributed by atoms with Gasteiger partial charge >= 0.3 is 0 Å². The fraction of sp³-hybridized carbons (Fsp3) is 0.273. The predicted molar refractivity (Wildman–Crippen MR) is 115 cm³/mol. The van der Waals surface area contributed by atoms with Crippen LogP contribution in [0.2, 0.25) is 0 Å². The van der Waals surface area contributed by atoms with E-state index < -0.39 is 16.1 Å². The Morgan fingerprint density at radius 3 is 2.45 bits per heavy atom. The molecule has 1 heterocycles. The van der Waals surface area contributed by atoms with Crippen LogP contribution in [0.3, 0.4) is 0 Å². The van der Waals surface area contributed by atoms with Gasteiger partial charge in [0.05, 0.1) is 5.52 Å². The quantitative estimate of drug-likeness (QED) is 0.667. The molecule has 1 N–H and O–H groups in total. The van der Waals surface area contributed by atoms with Crippen molar-refractivity contribution in [1.29, 1.82) is 0 Å². The molecule has 1 unspecified atom stereocenters. The van der Waals surface area contributed by atoms with Crippen LogP contribution in [0.1, 0.15) is 25.0 Å². The highest BCUT2D eigenvalue weighted by molar-refractivity contribution is 7.89. The summed E-state index contributed by atoms with van der Waals surface area (Å²) in [4.78, 5) is 17.2. The highest BCUT2D eigenvalue weighted by Gasteiger charge is 2.33. The summed E-state index contributed by atoms with van der Waals surface area (Å²) in [5.74, 6) is -0.386. The number of sulfonamides is 1. The van der Waals surface area contributed by atoms with E-state index in [2.05, 4.69) is 10.3 Å². The molecule has 152 valence electrons. The molecule has 0 aliphatic heterocycles. The number of benzene rings is 2. The van der Waals surface area contributed by atoms with Gasteiger partial charge in [-0.1, -0.05) is 36.8 Å². The first-order valence-electron chi connectivity index (χ1n) is 9.48. The minimum Gasteiger partial charge on any atom is -0.325 e. The van der Waals surface area contributed by atoms with Gasteiger partial charge in [0.2, 0.25) is 15.9 Å². The molecule has 1 atom stereocenters. The molecular weight excluding hydrogens is 386 g/mol. The van der Waals surface area contributed by atoms with Gasteiger partial charge in [-0.25, -0.2) is 8.42 Å². The number of rotatable bonds is 6. The Hall–Kier alpha value is -2.77. The van der Waals surface area contributed by atoms with Crippen molar-refractivity contribution >= 4 is 32.5 Å². The number of carbonyl (C=O) groups is 1. The number of amides is 1. The van der Waals surface area contributed by atoms with Gasteiger partial charge in [0.15, 0.2) is 0 Å². The number of pyridine rings is 1. The highest BCUT2D eigenvalue weighted by atomic mass is 32.2. The van der Waals surface area contributed by atoms with Gasteiger partial charge in [-0.15, -0.1) is 0 Å². The third-order valence-electron chi connectivity index (χ3n) is 4.84. The molecule has 0 radical (unpaired) electrons. The Balaban J connectivity index is 1.93. The van der Waals surface area contributed by atoms with Gasteiger partial charge in [-0.3, -0.25) is 9.78 Å². The van der Waals surface area contributed by atoms with Crippen molar-refractivity contribution in [3.63, 3.8) is 0 Å². The van der Waals surface area contributed by atoms with Gasteiger partial charge in [-0.05, 0) is 50.6 Å². The molecule has 3 rings (SSSR count). The maximum absolute atomic E-state index is 13.4. The van der Waals surface area contributed by atoms with Gasteiger partial charge in [0.1, 0.15) is 10.9 Å². The summed E-state index contributed by atoms with van der Waals surface area (Å²) < 4.78 is 28.0. The summed E-state index contributed by atoms with van der Waals surface area (Å²) in [6.07, 6.45) is 1.64. The second kappa shape index (κ2) is 8.31. The number of aromatic nitrogens is 1. The SMILES string of the molecule is CCN(C(C)C(=O)Nc1ccc(C)cc1)S(=O)(=O)c1cccc2cc(C)cnc12. The van der Waals surface area contributed by atoms with Crippen LogP contribution < -0.4 is 5.32 Å². The molecule has 0 bridgehead atoms. The summed E-state index contributed by atoms with van der Waals surface area (Å²) in [5, 5.41) is 3.54. The third-order valence-corrected chi connectivity index (χ3v) is 6.92. The molecule has 1 aromatic heterocycles. The molecule has 0 saturated heterocycles. The fourth-order valence-corrected chi connectivity index (χ4v) is 5.01. The largest absolute Gasteiger partial charge is 0.325 e. The van der Waals surface area contributed by atoms with Crippen LogP contribution in [0.25, 0.3) is 10.9 Å². The van der Waals surface area contributed by atoms with E-state index in [4.69, 9.17) is 0 Å². The number of fused-ring (bicyclic) bond motifs is 1. The van der Waals surface area contributed by atoms with E-state index in [1.807, 2.05) is 38.1 Å². The number of anilines is 1. The predicted octanol–water partition coefficient (Wildman–Crippen LogP) is 3.89. The van der Waals surface area contributed by atoms with Gasteiger partial charge in [0.25, 0.3) is 0 Å². The van der Waals surface area contributed by atoms with Crippen LogP contribution in [0, 0.1) is 13.8 Å². The highest BCUT2D eigenvalue weighted by Crippen LogP contribution is 2.26. The lowest BCUT2D eigenvalue weighted by Gasteiger charge is -2.26. The van der Waals surface area contributed by atoms with Gasteiger partial charge < -0.3 is 5.32 Å². The first-order chi connectivity index (χ1) is 13.7. The van der Waals surface area contributed by atoms with Crippen LogP contribution >= 0.6 is 0 Å². The third kappa shape index (κ3) is 4.31. The topological polar surface area (TPSA) is 79.4 Å². The van der Waals surface area contributed by atoms with Crippen molar-refractivity contribution in [2.75, 3.05) is 11.9 Å². The van der Waals surface area contributed by atoms with Gasteiger partial charge in [0, 0.05) is 23.8 Å². The average Bonchev–Trinajstić information content (AvgIpc) is 2.69. The zero-order chi connectivity index (χ0) is 21.2. The Labute approximate surface area is 171 Å². The van der Waals surface area contributed by atoms with Crippen molar-refractivity contribution in [3.05, 3.63) is 65.9 Å². The molecule has 29 heavy (non-hydrogen) atoms. The lowest BCUT2D eigenvalue weighted by atomic mass is 10.2. The van der Waals surface area contributed by atoms with Crippen LogP contribution in [0.4, 0.5) is 5.69 Å². The van der Waals surface area contributed by atoms with E-state index in [0.29, 0.717) is 11.2 Å². The Morgan fingerprint density at radius 1 is 1.10 bits per heavy atom. The summed E-state index contributed by atoms with van der Waals surface area (Å²) in [5.41, 5.74) is 3.06. The summed E-state index contributed by atoms with van der Waals surface area (Å²) in [6, 6.07) is 13.4. The average molecular weight is 412 g/mol. The normalized spacial score (nSPS) is 12.9. The molecule has 0 saturated carbocycles. The molecule has 6 nitrogen and oxygen atoms in total. The maximum atomic E-state index is 13.4. The summed E-state index contributed by atoms with van der Waals surface area (Å²) in [6.45, 7) is 7.33. The van der Waals surface area contributed by atoms with Crippen LogP contribution in [-0.2, 0) is 14.8 Å². The molecule has 7 heteroatoms. The van der Waals surface area contributed by atoms with Gasteiger partial charge in [-0.2, -0.15) is 4.31 Å². The molecule has 0 aliphatic rings. The van der Waals surface area contributed by atoms with Crippen LogP contribution in [0.5, 0.6) is 0 Å².